The molecular formula is C37H43F4N3O3. The molecule has 2 aromatic heterocycles. The molecule has 1 aliphatic rings. The minimum absolute atomic E-state index is 0.0215. The van der Waals surface area contributed by atoms with Crippen molar-refractivity contribution in [2.75, 3.05) is 6.61 Å². The molecule has 10 heteroatoms. The van der Waals surface area contributed by atoms with Crippen LogP contribution < -0.4 is 0 Å². The van der Waals surface area contributed by atoms with Gasteiger partial charge in [0.2, 0.25) is 0 Å². The molecular weight excluding hydrogens is 610 g/mol. The normalized spacial score (nSPS) is 14.5. The Morgan fingerprint density at radius 2 is 1.85 bits per heavy atom. The summed E-state index contributed by atoms with van der Waals surface area (Å²) in [6, 6.07) is 14.6. The van der Waals surface area contributed by atoms with Crippen LogP contribution in [0.5, 0.6) is 0 Å². The van der Waals surface area contributed by atoms with Crippen LogP contribution in [0.4, 0.5) is 17.6 Å². The number of carbonyl (C=O) groups excluding carboxylic acids is 1. The van der Waals surface area contributed by atoms with Crippen LogP contribution in [0.2, 0.25) is 0 Å². The average molecular weight is 654 g/mol. The van der Waals surface area contributed by atoms with Crippen molar-refractivity contribution in [2.45, 2.75) is 104 Å². The lowest BCUT2D eigenvalue weighted by Crippen LogP contribution is -2.13. The zero-order valence-corrected chi connectivity index (χ0v) is 27.5. The van der Waals surface area contributed by atoms with Crippen molar-refractivity contribution in [3.8, 4) is 11.3 Å². The molecule has 1 fully saturated rings. The number of aromatic nitrogens is 3. The van der Waals surface area contributed by atoms with Crippen molar-refractivity contribution >= 4 is 5.78 Å². The highest BCUT2D eigenvalue weighted by atomic mass is 19.4. The maximum atomic E-state index is 14.6. The number of aryl methyl sites for hydroxylation is 2. The fourth-order valence-electron chi connectivity index (χ4n) is 5.81. The Kier molecular flexibility index (Phi) is 10.7. The molecule has 252 valence electrons. The standard InChI is InChI=1S/C37H43F4N3O3/c1-24-12-13-27(31(38)19-24)20-29(45)21-28(11-8-18-46-23-25-9-6-5-7-10-25)33-32(26-14-15-26)34(47-43-33)30-22-44(17-16-36(2,3)4)42-35(30)37(39,40)41/h5-7,9-10,12-13,19,22,26,28H,8,11,14-18,20-21,23H2,1-4H3/t28-/m0/s1. The van der Waals surface area contributed by atoms with E-state index in [-0.39, 0.29) is 41.3 Å². The molecule has 0 bridgehead atoms. The Bertz CT molecular complexity index is 1650. The van der Waals surface area contributed by atoms with E-state index in [1.807, 2.05) is 51.1 Å². The summed E-state index contributed by atoms with van der Waals surface area (Å²) in [5, 5.41) is 8.30. The van der Waals surface area contributed by atoms with Crippen LogP contribution in [0.1, 0.15) is 105 Å². The van der Waals surface area contributed by atoms with Crippen LogP contribution in [0, 0.1) is 18.2 Å². The zero-order chi connectivity index (χ0) is 33.8. The van der Waals surface area contributed by atoms with Gasteiger partial charge in [0.1, 0.15) is 11.6 Å². The SMILES string of the molecule is Cc1ccc(CC(=O)C[C@H](CCCOCc2ccccc2)c2noc(-c3cn(CCC(C)(C)C)nc3C(F)(F)F)c2C2CC2)c(F)c1. The van der Waals surface area contributed by atoms with Crippen molar-refractivity contribution in [3.05, 3.63) is 94.2 Å². The number of nitrogens with zero attached hydrogens (tertiary/aromatic N) is 3. The molecule has 0 unspecified atom stereocenters. The van der Waals surface area contributed by atoms with Crippen LogP contribution in [0.3, 0.4) is 0 Å². The molecule has 1 aliphatic carbocycles. The first kappa shape index (κ1) is 34.5. The number of hydrogen-bond donors (Lipinski definition) is 0. The van der Waals surface area contributed by atoms with Gasteiger partial charge in [0.15, 0.2) is 11.5 Å². The maximum absolute atomic E-state index is 14.6. The van der Waals surface area contributed by atoms with Gasteiger partial charge in [-0.15, -0.1) is 0 Å². The van der Waals surface area contributed by atoms with Crippen molar-refractivity contribution in [3.63, 3.8) is 0 Å². The summed E-state index contributed by atoms with van der Waals surface area (Å²) >= 11 is 0. The smallest absolute Gasteiger partial charge is 0.377 e. The molecule has 5 rings (SSSR count). The molecule has 6 nitrogen and oxygen atoms in total. The lowest BCUT2D eigenvalue weighted by atomic mass is 9.87. The van der Waals surface area contributed by atoms with Gasteiger partial charge in [-0.1, -0.05) is 68.4 Å². The van der Waals surface area contributed by atoms with E-state index in [2.05, 4.69) is 10.3 Å². The van der Waals surface area contributed by atoms with E-state index in [1.54, 1.807) is 19.1 Å². The number of halogens is 4. The number of hydrogen-bond acceptors (Lipinski definition) is 5. The Balaban J connectivity index is 1.42. The third kappa shape index (κ3) is 9.40. The third-order valence-corrected chi connectivity index (χ3v) is 8.52. The topological polar surface area (TPSA) is 70.2 Å². The lowest BCUT2D eigenvalue weighted by molar-refractivity contribution is -0.141. The van der Waals surface area contributed by atoms with E-state index in [1.165, 1.54) is 16.9 Å². The summed E-state index contributed by atoms with van der Waals surface area (Å²) in [6.45, 7) is 9.05. The van der Waals surface area contributed by atoms with Crippen LogP contribution in [-0.2, 0) is 35.3 Å². The van der Waals surface area contributed by atoms with E-state index < -0.39 is 23.6 Å². The molecule has 1 atom stereocenters. The number of rotatable bonds is 15. The molecule has 0 spiro atoms. The van der Waals surface area contributed by atoms with E-state index >= 15 is 0 Å². The van der Waals surface area contributed by atoms with Crippen LogP contribution in [0.25, 0.3) is 11.3 Å². The molecule has 47 heavy (non-hydrogen) atoms. The van der Waals surface area contributed by atoms with Gasteiger partial charge in [-0.2, -0.15) is 18.3 Å². The Hall–Kier alpha value is -3.79. The van der Waals surface area contributed by atoms with Gasteiger partial charge < -0.3 is 9.26 Å². The molecule has 1 saturated carbocycles. The van der Waals surface area contributed by atoms with Gasteiger partial charge in [-0.25, -0.2) is 4.39 Å². The Labute approximate surface area is 273 Å². The highest BCUT2D eigenvalue weighted by Gasteiger charge is 2.42. The molecule has 0 N–H and O–H groups in total. The zero-order valence-electron chi connectivity index (χ0n) is 27.5. The predicted molar refractivity (Wildman–Crippen MR) is 171 cm³/mol. The first-order valence-electron chi connectivity index (χ1n) is 16.3. The summed E-state index contributed by atoms with van der Waals surface area (Å²) < 4.78 is 70.5. The number of carbonyl (C=O) groups is 1. The predicted octanol–water partition coefficient (Wildman–Crippen LogP) is 9.60. The van der Waals surface area contributed by atoms with Crippen molar-refractivity contribution in [2.24, 2.45) is 5.41 Å². The molecule has 2 aromatic carbocycles. The van der Waals surface area contributed by atoms with Gasteiger partial charge in [-0.3, -0.25) is 9.48 Å². The van der Waals surface area contributed by atoms with Crippen LogP contribution >= 0.6 is 0 Å². The summed E-state index contributed by atoms with van der Waals surface area (Å²) in [5.74, 6) is -1.00. The van der Waals surface area contributed by atoms with Crippen molar-refractivity contribution < 1.29 is 31.6 Å². The third-order valence-electron chi connectivity index (χ3n) is 8.52. The van der Waals surface area contributed by atoms with E-state index in [0.717, 1.165) is 24.0 Å². The van der Waals surface area contributed by atoms with E-state index in [9.17, 15) is 22.4 Å². The second kappa shape index (κ2) is 14.5. The second-order valence-corrected chi connectivity index (χ2v) is 13.9. The fraction of sp³-hybridized carbons (Fsp3) is 0.486. The summed E-state index contributed by atoms with van der Waals surface area (Å²) in [7, 11) is 0. The average Bonchev–Trinajstić information content (AvgIpc) is 3.58. The van der Waals surface area contributed by atoms with Gasteiger partial charge in [-0.05, 0) is 73.1 Å². The van der Waals surface area contributed by atoms with Gasteiger partial charge >= 0.3 is 6.18 Å². The number of ketones is 1. The summed E-state index contributed by atoms with van der Waals surface area (Å²) in [5.41, 5.74) is 2.00. The van der Waals surface area contributed by atoms with Crippen LogP contribution in [0.15, 0.2) is 59.3 Å². The highest BCUT2D eigenvalue weighted by molar-refractivity contribution is 5.82. The largest absolute Gasteiger partial charge is 0.435 e. The lowest BCUT2D eigenvalue weighted by Gasteiger charge is -2.17. The van der Waals surface area contributed by atoms with Gasteiger partial charge in [0.05, 0.1) is 17.9 Å². The van der Waals surface area contributed by atoms with Crippen molar-refractivity contribution in [1.82, 2.24) is 14.9 Å². The molecule has 0 aliphatic heterocycles. The first-order chi connectivity index (χ1) is 22.3. The summed E-state index contributed by atoms with van der Waals surface area (Å²) in [6.07, 6.45) is -0.0206. The minimum atomic E-state index is -4.69. The number of Topliss-reactive ketones (excluding diaryl/α,β-unsaturated/α-hetero) is 1. The molecule has 0 saturated heterocycles. The molecule has 4 aromatic rings. The molecule has 0 radical (unpaired) electrons. The van der Waals surface area contributed by atoms with E-state index in [0.29, 0.717) is 55.8 Å². The van der Waals surface area contributed by atoms with Gasteiger partial charge in [0, 0.05) is 43.7 Å². The molecule has 2 heterocycles. The molecule has 0 amide bonds. The summed E-state index contributed by atoms with van der Waals surface area (Å²) in [4.78, 5) is 13.4. The number of ether oxygens (including phenoxy) is 1. The Morgan fingerprint density at radius 1 is 1.11 bits per heavy atom. The highest BCUT2D eigenvalue weighted by Crippen LogP contribution is 2.50. The van der Waals surface area contributed by atoms with E-state index in [4.69, 9.17) is 9.26 Å². The second-order valence-electron chi connectivity index (χ2n) is 13.9. The number of alkyl halides is 3. The number of benzene rings is 2. The quantitative estimate of drug-likeness (QED) is 0.0944. The minimum Gasteiger partial charge on any atom is -0.377 e. The Morgan fingerprint density at radius 3 is 2.51 bits per heavy atom. The first-order valence-corrected chi connectivity index (χ1v) is 16.3. The van der Waals surface area contributed by atoms with Gasteiger partial charge in [0.25, 0.3) is 0 Å². The fourth-order valence-corrected chi connectivity index (χ4v) is 5.81. The van der Waals surface area contributed by atoms with Crippen LogP contribution in [-0.4, -0.2) is 27.3 Å². The van der Waals surface area contributed by atoms with Crippen molar-refractivity contribution in [1.29, 1.82) is 0 Å². The maximum Gasteiger partial charge on any atom is 0.435 e. The monoisotopic (exact) mass is 653 g/mol.